The van der Waals surface area contributed by atoms with Crippen LogP contribution < -0.4 is 5.32 Å². The lowest BCUT2D eigenvalue weighted by Crippen LogP contribution is -2.12. The summed E-state index contributed by atoms with van der Waals surface area (Å²) in [6, 6.07) is 5.33. The van der Waals surface area contributed by atoms with Gasteiger partial charge in [0.05, 0.1) is 10.6 Å². The van der Waals surface area contributed by atoms with E-state index in [1.54, 1.807) is 12.3 Å². The van der Waals surface area contributed by atoms with Gasteiger partial charge in [-0.25, -0.2) is 14.0 Å². The Bertz CT molecular complexity index is 960. The second-order valence-electron chi connectivity index (χ2n) is 7.80. The molecule has 0 saturated heterocycles. The van der Waals surface area contributed by atoms with Crippen LogP contribution in [0.5, 0.6) is 0 Å². The predicted octanol–water partition coefficient (Wildman–Crippen LogP) is 3.38. The first-order valence-corrected chi connectivity index (χ1v) is 11.0. The summed E-state index contributed by atoms with van der Waals surface area (Å²) in [5.41, 5.74) is 7.12. The van der Waals surface area contributed by atoms with Crippen LogP contribution in [0.4, 0.5) is 10.5 Å². The van der Waals surface area contributed by atoms with Crippen molar-refractivity contribution in [3.63, 3.8) is 0 Å². The topological polar surface area (TPSA) is 74.7 Å². The summed E-state index contributed by atoms with van der Waals surface area (Å²) < 4.78 is 16.4. The number of rotatable bonds is 4. The predicted molar refractivity (Wildman–Crippen MR) is 111 cm³/mol. The van der Waals surface area contributed by atoms with Gasteiger partial charge in [-0.2, -0.15) is 0 Å². The first-order valence-electron chi connectivity index (χ1n) is 9.77. The number of aryl methyl sites for hydroxylation is 2. The van der Waals surface area contributed by atoms with Gasteiger partial charge in [0.1, 0.15) is 5.03 Å². The van der Waals surface area contributed by atoms with Crippen LogP contribution in [-0.4, -0.2) is 34.2 Å². The Hall–Kier alpha value is -2.25. The summed E-state index contributed by atoms with van der Waals surface area (Å²) in [6.45, 7) is 0.756. The SMILES string of the molecule is CN(C)Cc1ccc(/[SH](=O)=N/C(=O)Nc2c3c(cc4c2CCC4)CCC3)nc1. The molecular formula is C21H26N4O2S. The number of hydrogen-bond acceptors (Lipinski definition) is 4. The molecule has 0 aliphatic heterocycles. The molecule has 2 aliphatic rings. The molecule has 1 unspecified atom stereocenters. The number of benzene rings is 1. The van der Waals surface area contributed by atoms with Crippen LogP contribution in [0.15, 0.2) is 33.8 Å². The number of thiol groups is 1. The fourth-order valence-electron chi connectivity index (χ4n) is 4.22. The average Bonchev–Trinajstić information content (AvgIpc) is 3.30. The lowest BCUT2D eigenvalue weighted by atomic mass is 9.99. The van der Waals surface area contributed by atoms with Gasteiger partial charge in [-0.1, -0.05) is 12.1 Å². The molecule has 7 heteroatoms. The Morgan fingerprint density at radius 2 is 1.82 bits per heavy atom. The highest BCUT2D eigenvalue weighted by molar-refractivity contribution is 7.75. The van der Waals surface area contributed by atoms with Gasteiger partial charge >= 0.3 is 6.03 Å². The summed E-state index contributed by atoms with van der Waals surface area (Å²) >= 11 is 0. The molecule has 1 atom stereocenters. The molecule has 0 spiro atoms. The lowest BCUT2D eigenvalue weighted by molar-refractivity contribution is 0.260. The maximum absolute atomic E-state index is 12.5. The third-order valence-electron chi connectivity index (χ3n) is 5.39. The highest BCUT2D eigenvalue weighted by Crippen LogP contribution is 2.38. The number of amides is 2. The van der Waals surface area contributed by atoms with Crippen molar-refractivity contribution in [3.05, 3.63) is 52.2 Å². The molecule has 1 aromatic carbocycles. The van der Waals surface area contributed by atoms with Gasteiger partial charge in [0, 0.05) is 18.4 Å². The van der Waals surface area contributed by atoms with Crippen LogP contribution in [-0.2, 0) is 42.8 Å². The monoisotopic (exact) mass is 398 g/mol. The van der Waals surface area contributed by atoms with Gasteiger partial charge in [0.15, 0.2) is 0 Å². The molecule has 0 saturated carbocycles. The number of hydrogen-bond donors (Lipinski definition) is 2. The summed E-state index contributed by atoms with van der Waals surface area (Å²) in [5.74, 6) is 0. The number of anilines is 1. The minimum atomic E-state index is -2.22. The van der Waals surface area contributed by atoms with Gasteiger partial charge in [-0.05, 0) is 86.5 Å². The Morgan fingerprint density at radius 3 is 2.39 bits per heavy atom. The van der Waals surface area contributed by atoms with Crippen LogP contribution >= 0.6 is 0 Å². The zero-order chi connectivity index (χ0) is 19.7. The minimum Gasteiger partial charge on any atom is -0.305 e. The number of pyridine rings is 1. The van der Waals surface area contributed by atoms with Gasteiger partial charge < -0.3 is 10.2 Å². The molecule has 0 bridgehead atoms. The molecule has 2 amide bonds. The molecule has 1 N–H and O–H groups in total. The van der Waals surface area contributed by atoms with E-state index in [1.165, 1.54) is 22.3 Å². The molecule has 28 heavy (non-hydrogen) atoms. The van der Waals surface area contributed by atoms with Crippen LogP contribution in [0.25, 0.3) is 0 Å². The minimum absolute atomic E-state index is 0.330. The van der Waals surface area contributed by atoms with E-state index in [-0.39, 0.29) is 0 Å². The number of carbonyl (C=O) groups excluding carboxylic acids is 1. The van der Waals surface area contributed by atoms with E-state index < -0.39 is 16.6 Å². The molecule has 4 rings (SSSR count). The lowest BCUT2D eigenvalue weighted by Gasteiger charge is -2.14. The average molecular weight is 399 g/mol. The Balaban J connectivity index is 1.54. The second-order valence-corrected chi connectivity index (χ2v) is 9.00. The van der Waals surface area contributed by atoms with E-state index in [9.17, 15) is 9.00 Å². The molecule has 0 radical (unpaired) electrons. The molecule has 2 aromatic rings. The Kier molecular flexibility index (Phi) is 5.46. The third-order valence-corrected chi connectivity index (χ3v) is 6.41. The normalized spacial score (nSPS) is 16.2. The molecular weight excluding hydrogens is 372 g/mol. The molecule has 1 heterocycles. The highest BCUT2D eigenvalue weighted by atomic mass is 32.2. The second kappa shape index (κ2) is 8.01. The number of fused-ring (bicyclic) bond motifs is 2. The summed E-state index contributed by atoms with van der Waals surface area (Å²) in [7, 11) is 1.74. The van der Waals surface area contributed by atoms with Crippen molar-refractivity contribution in [1.29, 1.82) is 0 Å². The Morgan fingerprint density at radius 1 is 1.14 bits per heavy atom. The van der Waals surface area contributed by atoms with Crippen LogP contribution in [0.2, 0.25) is 0 Å². The highest BCUT2D eigenvalue weighted by Gasteiger charge is 2.24. The smallest absolute Gasteiger partial charge is 0.305 e. The maximum atomic E-state index is 12.5. The van der Waals surface area contributed by atoms with Crippen molar-refractivity contribution in [2.75, 3.05) is 19.4 Å². The zero-order valence-electron chi connectivity index (χ0n) is 16.4. The fraction of sp³-hybridized carbons (Fsp3) is 0.429. The van der Waals surface area contributed by atoms with Crippen molar-refractivity contribution in [2.45, 2.75) is 50.1 Å². The van der Waals surface area contributed by atoms with E-state index in [0.29, 0.717) is 5.03 Å². The van der Waals surface area contributed by atoms with Crippen molar-refractivity contribution in [3.8, 4) is 0 Å². The van der Waals surface area contributed by atoms with Crippen molar-refractivity contribution >= 4 is 22.3 Å². The van der Waals surface area contributed by atoms with E-state index in [1.807, 2.05) is 25.1 Å². The van der Waals surface area contributed by atoms with Crippen LogP contribution in [0.3, 0.4) is 0 Å². The molecule has 2 aliphatic carbocycles. The van der Waals surface area contributed by atoms with Crippen LogP contribution in [0, 0.1) is 0 Å². The van der Waals surface area contributed by atoms with E-state index in [2.05, 4.69) is 20.7 Å². The van der Waals surface area contributed by atoms with E-state index >= 15 is 0 Å². The number of nitrogens with zero attached hydrogens (tertiary/aromatic N) is 3. The maximum Gasteiger partial charge on any atom is 0.353 e. The fourth-order valence-corrected chi connectivity index (χ4v) is 4.90. The quantitative estimate of drug-likeness (QED) is 0.775. The van der Waals surface area contributed by atoms with Gasteiger partial charge in [-0.15, -0.1) is 4.36 Å². The standard InChI is InChI=1S/C21H26N4O2S/c1-25(2)13-14-9-10-19(22-12-14)28(27)24-21(26)23-20-17-7-3-5-15(17)11-16-6-4-8-18(16)20/h9-12,28H,3-8,13H2,1-2H3,(H,23,26). The van der Waals surface area contributed by atoms with E-state index in [4.69, 9.17) is 0 Å². The van der Waals surface area contributed by atoms with Crippen molar-refractivity contribution < 1.29 is 9.00 Å². The first-order chi connectivity index (χ1) is 13.5. The number of nitrogens with one attached hydrogen (secondary N) is 1. The number of carbonyl (C=O) groups is 1. The van der Waals surface area contributed by atoms with Crippen molar-refractivity contribution in [2.24, 2.45) is 4.36 Å². The molecule has 148 valence electrons. The van der Waals surface area contributed by atoms with Gasteiger partial charge in [0.2, 0.25) is 0 Å². The summed E-state index contributed by atoms with van der Waals surface area (Å²) in [4.78, 5) is 18.8. The largest absolute Gasteiger partial charge is 0.353 e. The first kappa shape index (κ1) is 19.1. The number of aromatic nitrogens is 1. The zero-order valence-corrected chi connectivity index (χ0v) is 17.3. The molecule has 6 nitrogen and oxygen atoms in total. The van der Waals surface area contributed by atoms with Gasteiger partial charge in [0.25, 0.3) is 0 Å². The van der Waals surface area contributed by atoms with Gasteiger partial charge in [-0.3, -0.25) is 0 Å². The van der Waals surface area contributed by atoms with Crippen LogP contribution in [0.1, 0.15) is 40.7 Å². The summed E-state index contributed by atoms with van der Waals surface area (Å²) in [5, 5.41) is 3.29. The number of urea groups is 1. The third kappa shape index (κ3) is 3.95. The van der Waals surface area contributed by atoms with E-state index in [0.717, 1.165) is 56.3 Å². The summed E-state index contributed by atoms with van der Waals surface area (Å²) in [6.07, 6.45) is 8.04. The Labute approximate surface area is 167 Å². The van der Waals surface area contributed by atoms with Crippen molar-refractivity contribution in [1.82, 2.24) is 9.88 Å². The molecule has 0 fully saturated rings. The molecule has 1 aromatic heterocycles.